The fourth-order valence-electron chi connectivity index (χ4n) is 2.55. The summed E-state index contributed by atoms with van der Waals surface area (Å²) in [5.41, 5.74) is 3.58. The number of likely N-dealkylation sites (N-methyl/N-ethyl adjacent to an activating group) is 1. The van der Waals surface area contributed by atoms with E-state index in [4.69, 9.17) is 0 Å². The molecule has 0 saturated carbocycles. The first-order chi connectivity index (χ1) is 10.5. The second kappa shape index (κ2) is 5.63. The van der Waals surface area contributed by atoms with Gasteiger partial charge in [0.2, 0.25) is 5.95 Å². The molecule has 2 heterocycles. The summed E-state index contributed by atoms with van der Waals surface area (Å²) in [6, 6.07) is 9.70. The molecule has 2 aromatic rings. The number of benzene rings is 1. The van der Waals surface area contributed by atoms with Crippen LogP contribution in [0.3, 0.4) is 0 Å². The van der Waals surface area contributed by atoms with Gasteiger partial charge in [-0.1, -0.05) is 6.07 Å². The van der Waals surface area contributed by atoms with Gasteiger partial charge in [-0.3, -0.25) is 4.90 Å². The van der Waals surface area contributed by atoms with Crippen LogP contribution in [0.5, 0.6) is 0 Å². The molecule has 0 aliphatic carbocycles. The first kappa shape index (κ1) is 14.3. The first-order valence-electron chi connectivity index (χ1n) is 7.25. The number of nitrogens with one attached hydrogen (secondary N) is 1. The number of hydrogen-bond acceptors (Lipinski definition) is 4. The van der Waals surface area contributed by atoms with E-state index in [2.05, 4.69) is 15.3 Å². The van der Waals surface area contributed by atoms with Gasteiger partial charge in [-0.25, -0.2) is 14.8 Å². The molecule has 0 atom stereocenters. The van der Waals surface area contributed by atoms with Crippen molar-refractivity contribution < 1.29 is 4.79 Å². The Balaban J connectivity index is 1.84. The molecule has 0 unspecified atom stereocenters. The van der Waals surface area contributed by atoms with Crippen LogP contribution in [-0.2, 0) is 0 Å². The van der Waals surface area contributed by atoms with E-state index in [1.807, 2.05) is 51.2 Å². The maximum atomic E-state index is 12.1. The molecule has 1 saturated heterocycles. The number of aromatic nitrogens is 2. The SMILES string of the molecule is Cc1cc(C)nc(Nc2cccc(N3CCN(C)C3=O)c2)n1. The number of carbonyl (C=O) groups excluding carboxylic acids is 1. The molecule has 1 aliphatic rings. The molecule has 1 fully saturated rings. The summed E-state index contributed by atoms with van der Waals surface area (Å²) in [5, 5.41) is 3.20. The zero-order valence-corrected chi connectivity index (χ0v) is 13.0. The predicted octanol–water partition coefficient (Wildman–Crippen LogP) is 2.71. The monoisotopic (exact) mass is 297 g/mol. The molecule has 1 aromatic carbocycles. The summed E-state index contributed by atoms with van der Waals surface area (Å²) in [4.78, 5) is 24.3. The lowest BCUT2D eigenvalue weighted by Gasteiger charge is -2.17. The van der Waals surface area contributed by atoms with Crippen LogP contribution in [0.15, 0.2) is 30.3 Å². The highest BCUT2D eigenvalue weighted by Gasteiger charge is 2.26. The zero-order chi connectivity index (χ0) is 15.7. The van der Waals surface area contributed by atoms with Crippen molar-refractivity contribution in [2.75, 3.05) is 30.4 Å². The summed E-state index contributed by atoms with van der Waals surface area (Å²) in [5.74, 6) is 0.569. The minimum absolute atomic E-state index is 0.0276. The lowest BCUT2D eigenvalue weighted by Crippen LogP contribution is -2.29. The van der Waals surface area contributed by atoms with Crippen molar-refractivity contribution in [1.29, 1.82) is 0 Å². The van der Waals surface area contributed by atoms with E-state index in [0.29, 0.717) is 12.5 Å². The molecule has 6 nitrogen and oxygen atoms in total. The minimum Gasteiger partial charge on any atom is -0.326 e. The number of urea groups is 1. The normalized spacial score (nSPS) is 14.6. The third-order valence-corrected chi connectivity index (χ3v) is 3.61. The molecule has 0 radical (unpaired) electrons. The number of rotatable bonds is 3. The lowest BCUT2D eigenvalue weighted by atomic mass is 10.2. The lowest BCUT2D eigenvalue weighted by molar-refractivity contribution is 0.229. The van der Waals surface area contributed by atoms with Crippen molar-refractivity contribution in [2.24, 2.45) is 0 Å². The van der Waals surface area contributed by atoms with E-state index in [1.54, 1.807) is 9.80 Å². The zero-order valence-electron chi connectivity index (χ0n) is 13.0. The Morgan fingerprint density at radius 3 is 2.45 bits per heavy atom. The van der Waals surface area contributed by atoms with Gasteiger partial charge in [-0.15, -0.1) is 0 Å². The summed E-state index contributed by atoms with van der Waals surface area (Å²) < 4.78 is 0. The highest BCUT2D eigenvalue weighted by molar-refractivity contribution is 5.94. The van der Waals surface area contributed by atoms with Gasteiger partial charge in [-0.05, 0) is 38.1 Å². The van der Waals surface area contributed by atoms with Crippen molar-refractivity contribution in [3.05, 3.63) is 41.7 Å². The third-order valence-electron chi connectivity index (χ3n) is 3.61. The molecular formula is C16H19N5O. The van der Waals surface area contributed by atoms with Gasteiger partial charge >= 0.3 is 6.03 Å². The molecule has 1 aliphatic heterocycles. The van der Waals surface area contributed by atoms with Crippen molar-refractivity contribution in [2.45, 2.75) is 13.8 Å². The van der Waals surface area contributed by atoms with E-state index in [1.165, 1.54) is 0 Å². The van der Waals surface area contributed by atoms with Gasteiger partial charge in [-0.2, -0.15) is 0 Å². The molecule has 3 rings (SSSR count). The van der Waals surface area contributed by atoms with Gasteiger partial charge in [0.15, 0.2) is 0 Å². The van der Waals surface area contributed by atoms with Gasteiger partial charge in [0.1, 0.15) is 0 Å². The minimum atomic E-state index is 0.0276. The van der Waals surface area contributed by atoms with E-state index < -0.39 is 0 Å². The molecular weight excluding hydrogens is 278 g/mol. The maximum absolute atomic E-state index is 12.1. The van der Waals surface area contributed by atoms with Crippen LogP contribution in [-0.4, -0.2) is 41.0 Å². The maximum Gasteiger partial charge on any atom is 0.324 e. The summed E-state index contributed by atoms with van der Waals surface area (Å²) in [7, 11) is 1.81. The van der Waals surface area contributed by atoms with E-state index in [9.17, 15) is 4.79 Å². The Morgan fingerprint density at radius 2 is 1.82 bits per heavy atom. The quantitative estimate of drug-likeness (QED) is 0.946. The second-order valence-electron chi connectivity index (χ2n) is 5.51. The van der Waals surface area contributed by atoms with Crippen molar-refractivity contribution in [3.8, 4) is 0 Å². The topological polar surface area (TPSA) is 61.4 Å². The van der Waals surface area contributed by atoms with Gasteiger partial charge in [0.05, 0.1) is 0 Å². The first-order valence-corrected chi connectivity index (χ1v) is 7.25. The van der Waals surface area contributed by atoms with Crippen LogP contribution in [0, 0.1) is 13.8 Å². The van der Waals surface area contributed by atoms with Crippen LogP contribution in [0.1, 0.15) is 11.4 Å². The Morgan fingerprint density at radius 1 is 1.09 bits per heavy atom. The largest absolute Gasteiger partial charge is 0.326 e. The number of nitrogens with zero attached hydrogens (tertiary/aromatic N) is 4. The van der Waals surface area contributed by atoms with Gasteiger partial charge in [0.25, 0.3) is 0 Å². The predicted molar refractivity (Wildman–Crippen MR) is 86.6 cm³/mol. The average molecular weight is 297 g/mol. The molecule has 1 aromatic heterocycles. The van der Waals surface area contributed by atoms with Gasteiger partial charge in [0, 0.05) is 42.9 Å². The van der Waals surface area contributed by atoms with Crippen molar-refractivity contribution >= 4 is 23.4 Å². The summed E-state index contributed by atoms with van der Waals surface area (Å²) in [6.45, 7) is 5.33. The summed E-state index contributed by atoms with van der Waals surface area (Å²) >= 11 is 0. The molecule has 1 N–H and O–H groups in total. The fraction of sp³-hybridized carbons (Fsp3) is 0.312. The van der Waals surface area contributed by atoms with Crippen LogP contribution < -0.4 is 10.2 Å². The van der Waals surface area contributed by atoms with Crippen LogP contribution in [0.4, 0.5) is 22.1 Å². The second-order valence-corrected chi connectivity index (χ2v) is 5.51. The molecule has 22 heavy (non-hydrogen) atoms. The standard InChI is InChI=1S/C16H19N5O/c1-11-9-12(2)18-15(17-11)19-13-5-4-6-14(10-13)21-8-7-20(3)16(21)22/h4-6,9-10H,7-8H2,1-3H3,(H,17,18,19). The Labute approximate surface area is 129 Å². The number of amides is 2. The number of carbonyl (C=O) groups is 1. The highest BCUT2D eigenvalue weighted by Crippen LogP contribution is 2.24. The molecule has 114 valence electrons. The van der Waals surface area contributed by atoms with Gasteiger partial charge < -0.3 is 10.2 Å². The number of hydrogen-bond donors (Lipinski definition) is 1. The smallest absolute Gasteiger partial charge is 0.324 e. The number of anilines is 3. The van der Waals surface area contributed by atoms with E-state index >= 15 is 0 Å². The molecule has 0 spiro atoms. The van der Waals surface area contributed by atoms with Crippen molar-refractivity contribution in [1.82, 2.24) is 14.9 Å². The average Bonchev–Trinajstić information content (AvgIpc) is 2.78. The summed E-state index contributed by atoms with van der Waals surface area (Å²) in [6.07, 6.45) is 0. The molecule has 6 heteroatoms. The Hall–Kier alpha value is -2.63. The van der Waals surface area contributed by atoms with E-state index in [-0.39, 0.29) is 6.03 Å². The van der Waals surface area contributed by atoms with Crippen LogP contribution in [0.2, 0.25) is 0 Å². The number of aryl methyl sites for hydroxylation is 2. The van der Waals surface area contributed by atoms with E-state index in [0.717, 1.165) is 29.3 Å². The van der Waals surface area contributed by atoms with Crippen LogP contribution in [0.25, 0.3) is 0 Å². The highest BCUT2D eigenvalue weighted by atomic mass is 16.2. The molecule has 0 bridgehead atoms. The van der Waals surface area contributed by atoms with Crippen LogP contribution >= 0.6 is 0 Å². The van der Waals surface area contributed by atoms with Crippen molar-refractivity contribution in [3.63, 3.8) is 0 Å². The Bertz CT molecular complexity index is 695. The third kappa shape index (κ3) is 2.86. The molecule has 2 amide bonds. The Kier molecular flexibility index (Phi) is 3.66. The fourth-order valence-corrected chi connectivity index (χ4v) is 2.55.